The molecule has 0 aliphatic carbocycles. The summed E-state index contributed by atoms with van der Waals surface area (Å²) in [6.45, 7) is 3.92. The van der Waals surface area contributed by atoms with Crippen molar-refractivity contribution in [2.24, 2.45) is 0 Å². The molecule has 3 aromatic rings. The zero-order chi connectivity index (χ0) is 18.9. The molecular formula is C21H24N4O2. The van der Waals surface area contributed by atoms with Gasteiger partial charge in [0.25, 0.3) is 0 Å². The molecular weight excluding hydrogens is 340 g/mol. The number of nitrogens with one attached hydrogen (secondary N) is 2. The van der Waals surface area contributed by atoms with E-state index in [2.05, 4.69) is 51.8 Å². The van der Waals surface area contributed by atoms with Gasteiger partial charge in [0, 0.05) is 12.7 Å². The molecule has 1 heterocycles. The van der Waals surface area contributed by atoms with E-state index >= 15 is 0 Å². The Kier molecular flexibility index (Phi) is 6.46. The fourth-order valence-electron chi connectivity index (χ4n) is 2.56. The highest BCUT2D eigenvalue weighted by molar-refractivity contribution is 5.40. The lowest BCUT2D eigenvalue weighted by Crippen LogP contribution is -2.14. The van der Waals surface area contributed by atoms with Crippen molar-refractivity contribution in [1.29, 1.82) is 0 Å². The van der Waals surface area contributed by atoms with Gasteiger partial charge in [-0.25, -0.2) is 4.98 Å². The number of anilines is 2. The lowest BCUT2D eigenvalue weighted by Gasteiger charge is -2.10. The first-order valence-electron chi connectivity index (χ1n) is 8.86. The van der Waals surface area contributed by atoms with Crippen LogP contribution in [0, 0.1) is 6.92 Å². The van der Waals surface area contributed by atoms with E-state index in [1.807, 2.05) is 30.3 Å². The van der Waals surface area contributed by atoms with Crippen LogP contribution in [0.5, 0.6) is 11.5 Å². The highest BCUT2D eigenvalue weighted by Gasteiger charge is 2.00. The smallest absolute Gasteiger partial charge is 0.224 e. The average Bonchev–Trinajstić information content (AvgIpc) is 2.70. The summed E-state index contributed by atoms with van der Waals surface area (Å²) in [6, 6.07) is 17.8. The maximum Gasteiger partial charge on any atom is 0.224 e. The molecule has 2 aromatic carbocycles. The Balaban J connectivity index is 1.44. The number of ether oxygens (including phenoxy) is 2. The fraction of sp³-hybridized carbons (Fsp3) is 0.238. The van der Waals surface area contributed by atoms with Crippen molar-refractivity contribution in [2.75, 3.05) is 30.9 Å². The molecule has 0 fully saturated rings. The van der Waals surface area contributed by atoms with Crippen LogP contribution < -0.4 is 20.1 Å². The van der Waals surface area contributed by atoms with Gasteiger partial charge in [0.1, 0.15) is 23.9 Å². The van der Waals surface area contributed by atoms with Crippen LogP contribution in [0.3, 0.4) is 0 Å². The third-order valence-electron chi connectivity index (χ3n) is 3.93. The standard InChI is InChI=1S/C21H24N4O2/c1-16-4-3-5-17(14-16)15-24-20-10-11-22-21(25-20)23-12-13-27-19-8-6-18(26-2)7-9-19/h3-11,14H,12-13,15H2,1-2H3,(H2,22,23,24,25). The van der Waals surface area contributed by atoms with Crippen LogP contribution in [0.15, 0.2) is 60.8 Å². The van der Waals surface area contributed by atoms with Crippen LogP contribution in [-0.4, -0.2) is 30.2 Å². The molecule has 0 amide bonds. The predicted octanol–water partition coefficient (Wildman–Crippen LogP) is 3.90. The van der Waals surface area contributed by atoms with Gasteiger partial charge in [-0.1, -0.05) is 29.8 Å². The molecule has 0 bridgehead atoms. The monoisotopic (exact) mass is 364 g/mol. The van der Waals surface area contributed by atoms with E-state index in [0.29, 0.717) is 19.1 Å². The molecule has 6 nitrogen and oxygen atoms in total. The van der Waals surface area contributed by atoms with Crippen LogP contribution in [-0.2, 0) is 6.54 Å². The summed E-state index contributed by atoms with van der Waals surface area (Å²) in [6.07, 6.45) is 1.73. The molecule has 3 rings (SSSR count). The van der Waals surface area contributed by atoms with E-state index < -0.39 is 0 Å². The topological polar surface area (TPSA) is 68.3 Å². The molecule has 140 valence electrons. The van der Waals surface area contributed by atoms with Crippen LogP contribution in [0.2, 0.25) is 0 Å². The summed E-state index contributed by atoms with van der Waals surface area (Å²) in [5.41, 5.74) is 2.47. The lowest BCUT2D eigenvalue weighted by atomic mass is 10.1. The SMILES string of the molecule is COc1ccc(OCCNc2nccc(NCc3cccc(C)c3)n2)cc1. The van der Waals surface area contributed by atoms with Gasteiger partial charge >= 0.3 is 0 Å². The molecule has 27 heavy (non-hydrogen) atoms. The van der Waals surface area contributed by atoms with Gasteiger partial charge < -0.3 is 20.1 Å². The first-order chi connectivity index (χ1) is 13.2. The minimum atomic E-state index is 0.511. The Morgan fingerprint density at radius 3 is 2.56 bits per heavy atom. The van der Waals surface area contributed by atoms with Gasteiger partial charge in [0.05, 0.1) is 13.7 Å². The second-order valence-electron chi connectivity index (χ2n) is 6.06. The molecule has 2 N–H and O–H groups in total. The molecule has 0 radical (unpaired) electrons. The quantitative estimate of drug-likeness (QED) is 0.561. The van der Waals surface area contributed by atoms with E-state index in [9.17, 15) is 0 Å². The third-order valence-corrected chi connectivity index (χ3v) is 3.93. The number of aromatic nitrogens is 2. The number of rotatable bonds is 9. The van der Waals surface area contributed by atoms with Gasteiger partial charge in [-0.2, -0.15) is 4.98 Å². The van der Waals surface area contributed by atoms with Gasteiger partial charge in [-0.15, -0.1) is 0 Å². The van der Waals surface area contributed by atoms with Crippen LogP contribution in [0.1, 0.15) is 11.1 Å². The highest BCUT2D eigenvalue weighted by Crippen LogP contribution is 2.16. The van der Waals surface area contributed by atoms with Crippen molar-refractivity contribution in [3.05, 3.63) is 71.9 Å². The van der Waals surface area contributed by atoms with Crippen LogP contribution in [0.4, 0.5) is 11.8 Å². The minimum absolute atomic E-state index is 0.511. The molecule has 0 spiro atoms. The Morgan fingerprint density at radius 1 is 0.963 bits per heavy atom. The number of benzene rings is 2. The molecule has 0 atom stereocenters. The fourth-order valence-corrected chi connectivity index (χ4v) is 2.56. The summed E-state index contributed by atoms with van der Waals surface area (Å²) in [4.78, 5) is 8.71. The van der Waals surface area contributed by atoms with Crippen LogP contribution >= 0.6 is 0 Å². The third kappa shape index (κ3) is 5.88. The van der Waals surface area contributed by atoms with E-state index in [0.717, 1.165) is 23.9 Å². The molecule has 1 aromatic heterocycles. The second-order valence-corrected chi connectivity index (χ2v) is 6.06. The number of hydrogen-bond acceptors (Lipinski definition) is 6. The Hall–Kier alpha value is -3.28. The summed E-state index contributed by atoms with van der Waals surface area (Å²) in [5.74, 6) is 2.96. The van der Waals surface area contributed by atoms with Crippen LogP contribution in [0.25, 0.3) is 0 Å². The zero-order valence-corrected chi connectivity index (χ0v) is 15.6. The van der Waals surface area contributed by atoms with Crippen molar-refractivity contribution >= 4 is 11.8 Å². The van der Waals surface area contributed by atoms with Gasteiger partial charge in [0.15, 0.2) is 0 Å². The predicted molar refractivity (Wildman–Crippen MR) is 108 cm³/mol. The largest absolute Gasteiger partial charge is 0.497 e. The second kappa shape index (κ2) is 9.43. The molecule has 0 aliphatic rings. The summed E-state index contributed by atoms with van der Waals surface area (Å²) >= 11 is 0. The maximum absolute atomic E-state index is 5.68. The van der Waals surface area contributed by atoms with E-state index in [-0.39, 0.29) is 0 Å². The lowest BCUT2D eigenvalue weighted by molar-refractivity contribution is 0.331. The molecule has 0 saturated carbocycles. The van der Waals surface area contributed by atoms with Gasteiger partial charge in [-0.3, -0.25) is 0 Å². The first-order valence-corrected chi connectivity index (χ1v) is 8.86. The van der Waals surface area contributed by atoms with Crippen molar-refractivity contribution in [2.45, 2.75) is 13.5 Å². The maximum atomic E-state index is 5.68. The van der Waals surface area contributed by atoms with Crippen molar-refractivity contribution in [3.63, 3.8) is 0 Å². The number of aryl methyl sites for hydroxylation is 1. The number of nitrogens with zero attached hydrogens (tertiary/aromatic N) is 2. The Bertz CT molecular complexity index is 853. The average molecular weight is 364 g/mol. The van der Waals surface area contributed by atoms with Crippen molar-refractivity contribution < 1.29 is 9.47 Å². The first kappa shape index (κ1) is 18.5. The minimum Gasteiger partial charge on any atom is -0.497 e. The summed E-state index contributed by atoms with van der Waals surface area (Å²) < 4.78 is 10.8. The van der Waals surface area contributed by atoms with E-state index in [1.165, 1.54) is 11.1 Å². The van der Waals surface area contributed by atoms with E-state index in [1.54, 1.807) is 13.3 Å². The highest BCUT2D eigenvalue weighted by atomic mass is 16.5. The molecule has 0 aliphatic heterocycles. The summed E-state index contributed by atoms with van der Waals surface area (Å²) in [5, 5.41) is 6.49. The summed E-state index contributed by atoms with van der Waals surface area (Å²) in [7, 11) is 1.64. The van der Waals surface area contributed by atoms with Crippen molar-refractivity contribution in [3.8, 4) is 11.5 Å². The Morgan fingerprint density at radius 2 is 1.78 bits per heavy atom. The number of hydrogen-bond donors (Lipinski definition) is 2. The molecule has 0 saturated heterocycles. The normalized spacial score (nSPS) is 10.3. The molecule has 6 heteroatoms. The van der Waals surface area contributed by atoms with Gasteiger partial charge in [-0.05, 0) is 42.8 Å². The van der Waals surface area contributed by atoms with E-state index in [4.69, 9.17) is 9.47 Å². The van der Waals surface area contributed by atoms with Gasteiger partial charge in [0.2, 0.25) is 5.95 Å². The molecule has 0 unspecified atom stereocenters. The van der Waals surface area contributed by atoms with Crippen molar-refractivity contribution in [1.82, 2.24) is 9.97 Å². The number of methoxy groups -OCH3 is 1. The Labute approximate surface area is 159 Å². The zero-order valence-electron chi connectivity index (χ0n) is 15.6.